The first kappa shape index (κ1) is 10.4. The van der Waals surface area contributed by atoms with Crippen LogP contribution in [0.3, 0.4) is 0 Å². The Morgan fingerprint density at radius 3 is 2.93 bits per heavy atom. The number of anilines is 1. The van der Waals surface area contributed by atoms with Gasteiger partial charge in [-0.25, -0.2) is 4.39 Å². The summed E-state index contributed by atoms with van der Waals surface area (Å²) in [6.07, 6.45) is 3.40. The lowest BCUT2D eigenvalue weighted by Crippen LogP contribution is -2.27. The quantitative estimate of drug-likeness (QED) is 0.754. The number of likely N-dealkylation sites (N-methyl/N-ethyl adjacent to an activating group) is 1. The number of rotatable bonds is 2. The van der Waals surface area contributed by atoms with Gasteiger partial charge in [0.2, 0.25) is 0 Å². The highest BCUT2D eigenvalue weighted by Gasteiger charge is 2.21. The molecule has 1 heterocycles. The molecule has 82 valence electrons. The van der Waals surface area contributed by atoms with Crippen LogP contribution < -0.4 is 5.73 Å². The number of nitrogens with zero attached hydrogens (tertiary/aromatic N) is 1. The van der Waals surface area contributed by atoms with E-state index in [1.165, 1.54) is 25.0 Å². The Morgan fingerprint density at radius 1 is 1.53 bits per heavy atom. The number of benzene rings is 1. The Morgan fingerprint density at radius 2 is 2.33 bits per heavy atom. The largest absolute Gasteiger partial charge is 0.398 e. The third-order valence-electron chi connectivity index (χ3n) is 3.23. The molecule has 15 heavy (non-hydrogen) atoms. The average molecular weight is 208 g/mol. The van der Waals surface area contributed by atoms with E-state index in [4.69, 9.17) is 5.73 Å². The Hall–Kier alpha value is -1.09. The zero-order valence-electron chi connectivity index (χ0n) is 9.04. The second-order valence-corrected chi connectivity index (χ2v) is 4.32. The van der Waals surface area contributed by atoms with Crippen molar-refractivity contribution in [3.05, 3.63) is 29.6 Å². The summed E-state index contributed by atoms with van der Waals surface area (Å²) in [5.74, 6) is -0.254. The fraction of sp³-hybridized carbons (Fsp3) is 0.500. The summed E-state index contributed by atoms with van der Waals surface area (Å²) in [7, 11) is 2.14. The molecule has 0 amide bonds. The first-order valence-electron chi connectivity index (χ1n) is 5.41. The van der Waals surface area contributed by atoms with Crippen LogP contribution in [0.15, 0.2) is 18.2 Å². The summed E-state index contributed by atoms with van der Waals surface area (Å²) in [5, 5.41) is 0. The summed E-state index contributed by atoms with van der Waals surface area (Å²) >= 11 is 0. The Kier molecular flexibility index (Phi) is 2.91. The third-order valence-corrected chi connectivity index (χ3v) is 3.23. The lowest BCUT2D eigenvalue weighted by molar-refractivity contribution is 0.309. The summed E-state index contributed by atoms with van der Waals surface area (Å²) < 4.78 is 12.8. The van der Waals surface area contributed by atoms with E-state index in [1.54, 1.807) is 6.07 Å². The Bertz CT molecular complexity index is 351. The summed E-state index contributed by atoms with van der Waals surface area (Å²) in [6.45, 7) is 1.16. The van der Waals surface area contributed by atoms with Crippen molar-refractivity contribution >= 4 is 5.69 Å². The van der Waals surface area contributed by atoms with Crippen LogP contribution in [-0.2, 0) is 6.42 Å². The van der Waals surface area contributed by atoms with Crippen LogP contribution in [0.2, 0.25) is 0 Å². The average Bonchev–Trinajstić information content (AvgIpc) is 2.57. The molecule has 0 radical (unpaired) electrons. The molecular weight excluding hydrogens is 191 g/mol. The maximum Gasteiger partial charge on any atom is 0.125 e. The van der Waals surface area contributed by atoms with E-state index >= 15 is 0 Å². The van der Waals surface area contributed by atoms with Crippen molar-refractivity contribution in [2.24, 2.45) is 0 Å². The van der Waals surface area contributed by atoms with Crippen molar-refractivity contribution in [3.8, 4) is 0 Å². The molecule has 0 aliphatic carbocycles. The lowest BCUT2D eigenvalue weighted by atomic mass is 10.0. The minimum atomic E-state index is -0.254. The highest BCUT2D eigenvalue weighted by molar-refractivity contribution is 5.47. The first-order chi connectivity index (χ1) is 7.16. The van der Waals surface area contributed by atoms with Crippen molar-refractivity contribution in [1.29, 1.82) is 0 Å². The van der Waals surface area contributed by atoms with Crippen LogP contribution in [0.25, 0.3) is 0 Å². The first-order valence-corrected chi connectivity index (χ1v) is 5.41. The lowest BCUT2D eigenvalue weighted by Gasteiger charge is -2.20. The van der Waals surface area contributed by atoms with Gasteiger partial charge in [0.1, 0.15) is 5.82 Å². The molecular formula is C12H17FN2. The molecule has 2 rings (SSSR count). The molecule has 3 heteroatoms. The van der Waals surface area contributed by atoms with Crippen LogP contribution in [0.1, 0.15) is 18.4 Å². The standard InChI is InChI=1S/C12H17FN2/c1-15-6-2-3-11(15)7-9-4-5-10(13)8-12(9)14/h4-5,8,11H,2-3,6-7,14H2,1H3. The van der Waals surface area contributed by atoms with Crippen molar-refractivity contribution in [2.45, 2.75) is 25.3 Å². The molecule has 1 saturated heterocycles. The molecule has 1 atom stereocenters. The molecule has 0 saturated carbocycles. The maximum absolute atomic E-state index is 12.8. The van der Waals surface area contributed by atoms with E-state index in [1.807, 2.05) is 0 Å². The van der Waals surface area contributed by atoms with E-state index in [-0.39, 0.29) is 5.82 Å². The number of hydrogen-bond acceptors (Lipinski definition) is 2. The van der Waals surface area contributed by atoms with Crippen molar-refractivity contribution in [2.75, 3.05) is 19.3 Å². The minimum absolute atomic E-state index is 0.254. The van der Waals surface area contributed by atoms with E-state index in [0.29, 0.717) is 11.7 Å². The van der Waals surface area contributed by atoms with Gasteiger partial charge in [0.05, 0.1) is 0 Å². The molecule has 1 unspecified atom stereocenters. The summed E-state index contributed by atoms with van der Waals surface area (Å²) in [6, 6.07) is 5.26. The number of nitrogens with two attached hydrogens (primary N) is 1. The van der Waals surface area contributed by atoms with E-state index in [9.17, 15) is 4.39 Å². The van der Waals surface area contributed by atoms with Gasteiger partial charge >= 0.3 is 0 Å². The van der Waals surface area contributed by atoms with Gasteiger partial charge in [-0.1, -0.05) is 6.07 Å². The van der Waals surface area contributed by atoms with Gasteiger partial charge in [0.25, 0.3) is 0 Å². The highest BCUT2D eigenvalue weighted by atomic mass is 19.1. The summed E-state index contributed by atoms with van der Waals surface area (Å²) in [5.41, 5.74) is 7.43. The predicted octanol–water partition coefficient (Wildman–Crippen LogP) is 2.04. The molecule has 1 fully saturated rings. The molecule has 1 aromatic carbocycles. The monoisotopic (exact) mass is 208 g/mol. The highest BCUT2D eigenvalue weighted by Crippen LogP contribution is 2.22. The fourth-order valence-electron chi connectivity index (χ4n) is 2.24. The number of likely N-dealkylation sites (tertiary alicyclic amines) is 1. The minimum Gasteiger partial charge on any atom is -0.398 e. The molecule has 1 aliphatic rings. The van der Waals surface area contributed by atoms with Crippen molar-refractivity contribution < 1.29 is 4.39 Å². The SMILES string of the molecule is CN1CCCC1Cc1ccc(F)cc1N. The summed E-state index contributed by atoms with van der Waals surface area (Å²) in [4.78, 5) is 2.35. The Balaban J connectivity index is 2.10. The van der Waals surface area contributed by atoms with E-state index < -0.39 is 0 Å². The van der Waals surface area contributed by atoms with Crippen molar-refractivity contribution in [3.63, 3.8) is 0 Å². The van der Waals surface area contributed by atoms with Crippen LogP contribution in [-0.4, -0.2) is 24.5 Å². The van der Waals surface area contributed by atoms with Gasteiger partial charge in [-0.15, -0.1) is 0 Å². The zero-order valence-corrected chi connectivity index (χ0v) is 9.04. The molecule has 1 aliphatic heterocycles. The third kappa shape index (κ3) is 2.29. The smallest absolute Gasteiger partial charge is 0.125 e. The second kappa shape index (κ2) is 4.19. The number of halogens is 1. The maximum atomic E-state index is 12.8. The zero-order chi connectivity index (χ0) is 10.8. The van der Waals surface area contributed by atoms with Gasteiger partial charge in [0.15, 0.2) is 0 Å². The van der Waals surface area contributed by atoms with Gasteiger partial charge in [-0.05, 0) is 50.6 Å². The normalized spacial score (nSPS) is 22.1. The molecule has 0 aromatic heterocycles. The van der Waals surface area contributed by atoms with Crippen LogP contribution >= 0.6 is 0 Å². The molecule has 2 N–H and O–H groups in total. The van der Waals surface area contributed by atoms with E-state index in [2.05, 4.69) is 11.9 Å². The van der Waals surface area contributed by atoms with Gasteiger partial charge in [-0.3, -0.25) is 0 Å². The van der Waals surface area contributed by atoms with Crippen LogP contribution in [0.4, 0.5) is 10.1 Å². The Labute approximate surface area is 89.9 Å². The molecule has 2 nitrogen and oxygen atoms in total. The molecule has 0 bridgehead atoms. The van der Waals surface area contributed by atoms with Gasteiger partial charge < -0.3 is 10.6 Å². The fourth-order valence-corrected chi connectivity index (χ4v) is 2.24. The van der Waals surface area contributed by atoms with Crippen LogP contribution in [0, 0.1) is 5.82 Å². The van der Waals surface area contributed by atoms with Gasteiger partial charge in [0, 0.05) is 11.7 Å². The van der Waals surface area contributed by atoms with Gasteiger partial charge in [-0.2, -0.15) is 0 Å². The molecule has 0 spiro atoms. The van der Waals surface area contributed by atoms with E-state index in [0.717, 1.165) is 18.5 Å². The van der Waals surface area contributed by atoms with Crippen molar-refractivity contribution in [1.82, 2.24) is 4.90 Å². The number of hydrogen-bond donors (Lipinski definition) is 1. The van der Waals surface area contributed by atoms with Crippen LogP contribution in [0.5, 0.6) is 0 Å². The topological polar surface area (TPSA) is 29.3 Å². The second-order valence-electron chi connectivity index (χ2n) is 4.32. The predicted molar refractivity (Wildman–Crippen MR) is 60.2 cm³/mol. The molecule has 1 aromatic rings. The number of nitrogen functional groups attached to an aromatic ring is 1.